The largest absolute Gasteiger partial charge is 0.297 e. The van der Waals surface area contributed by atoms with Crippen molar-refractivity contribution in [3.05, 3.63) is 30.1 Å². The van der Waals surface area contributed by atoms with Crippen LogP contribution in [0, 0.1) is 11.8 Å². The van der Waals surface area contributed by atoms with Crippen molar-refractivity contribution < 1.29 is 19.6 Å². The minimum Gasteiger partial charge on any atom is -0.297 e. The van der Waals surface area contributed by atoms with E-state index in [0.717, 1.165) is 25.7 Å². The lowest BCUT2D eigenvalue weighted by molar-refractivity contribution is -0.145. The zero-order chi connectivity index (χ0) is 19.9. The molecule has 2 N–H and O–H groups in total. The zero-order valence-corrected chi connectivity index (χ0v) is 15.8. The number of aromatic nitrogens is 1. The van der Waals surface area contributed by atoms with Gasteiger partial charge in [-0.2, -0.15) is 5.10 Å². The van der Waals surface area contributed by atoms with E-state index in [-0.39, 0.29) is 24.5 Å². The molecular weight excluding hydrogens is 360 g/mol. The van der Waals surface area contributed by atoms with Gasteiger partial charge in [-0.05, 0) is 24.5 Å². The highest BCUT2D eigenvalue weighted by Crippen LogP contribution is 2.33. The van der Waals surface area contributed by atoms with Gasteiger partial charge in [0.1, 0.15) is 6.04 Å². The summed E-state index contributed by atoms with van der Waals surface area (Å²) in [6.07, 6.45) is 8.47. The van der Waals surface area contributed by atoms with Gasteiger partial charge in [-0.1, -0.05) is 31.7 Å². The molecule has 0 unspecified atom stereocenters. The average Bonchev–Trinajstić information content (AvgIpc) is 3.39. The lowest BCUT2D eigenvalue weighted by Gasteiger charge is -2.26. The van der Waals surface area contributed by atoms with Crippen molar-refractivity contribution in [2.24, 2.45) is 16.9 Å². The van der Waals surface area contributed by atoms with E-state index in [2.05, 4.69) is 10.1 Å². The molecule has 1 saturated carbocycles. The summed E-state index contributed by atoms with van der Waals surface area (Å²) in [7, 11) is 0. The molecule has 2 amide bonds. The molecule has 0 bridgehead atoms. The van der Waals surface area contributed by atoms with Crippen molar-refractivity contribution in [1.29, 1.82) is 0 Å². The molecule has 1 aliphatic heterocycles. The van der Waals surface area contributed by atoms with E-state index in [9.17, 15) is 14.4 Å². The van der Waals surface area contributed by atoms with E-state index in [4.69, 9.17) is 5.21 Å². The maximum Gasteiger partial charge on any atom is 0.246 e. The molecule has 0 radical (unpaired) electrons. The number of Topliss-reactive ketones (excluding diaryl/α,β-unsaturated/α-hetero) is 1. The number of carbonyl (C=O) groups excluding carboxylic acids is 3. The third-order valence-corrected chi connectivity index (χ3v) is 5.51. The molecule has 3 rings (SSSR count). The van der Waals surface area contributed by atoms with E-state index in [0.29, 0.717) is 24.5 Å². The molecule has 150 valence electrons. The molecule has 2 aliphatic rings. The number of rotatable bonds is 8. The van der Waals surface area contributed by atoms with Gasteiger partial charge in [0.05, 0.1) is 6.42 Å². The van der Waals surface area contributed by atoms with Gasteiger partial charge in [0.2, 0.25) is 11.8 Å². The Morgan fingerprint density at radius 2 is 2.04 bits per heavy atom. The SMILES string of the molecule is O=C(C[C@@H](CC1CCCC1)C(=O)N1N=CC[C@H]1C(=O)Cc1ccccn1)NO. The molecule has 0 spiro atoms. The van der Waals surface area contributed by atoms with Crippen LogP contribution in [0.4, 0.5) is 0 Å². The predicted molar refractivity (Wildman–Crippen MR) is 101 cm³/mol. The molecule has 0 aromatic carbocycles. The van der Waals surface area contributed by atoms with Crippen LogP contribution in [0.2, 0.25) is 0 Å². The molecule has 1 aliphatic carbocycles. The summed E-state index contributed by atoms with van der Waals surface area (Å²) >= 11 is 0. The maximum atomic E-state index is 13.1. The number of pyridine rings is 1. The van der Waals surface area contributed by atoms with Gasteiger partial charge in [0.15, 0.2) is 5.78 Å². The van der Waals surface area contributed by atoms with Crippen molar-refractivity contribution >= 4 is 23.8 Å². The second-order valence-corrected chi connectivity index (χ2v) is 7.52. The molecular formula is C20H26N4O4. The minimum absolute atomic E-state index is 0.112. The molecule has 8 heteroatoms. The monoisotopic (exact) mass is 386 g/mol. The smallest absolute Gasteiger partial charge is 0.246 e. The Kier molecular flexibility index (Phi) is 6.86. The van der Waals surface area contributed by atoms with Gasteiger partial charge in [-0.25, -0.2) is 10.5 Å². The van der Waals surface area contributed by atoms with Crippen LogP contribution in [0.5, 0.6) is 0 Å². The van der Waals surface area contributed by atoms with Crippen LogP contribution < -0.4 is 5.48 Å². The number of ketones is 1. The predicted octanol–water partition coefficient (Wildman–Crippen LogP) is 1.87. The Bertz CT molecular complexity index is 731. The van der Waals surface area contributed by atoms with Gasteiger partial charge in [0, 0.05) is 36.9 Å². The standard InChI is InChI=1S/C20H26N4O4/c25-18(13-16-7-3-4-9-21-16)17-8-10-22-24(17)20(27)15(12-19(26)23-28)11-14-5-1-2-6-14/h3-4,7,9-10,14-15,17,28H,1-2,5-6,8,11-13H2,(H,23,26)/t15-,17+/m1/s1. The van der Waals surface area contributed by atoms with Crippen LogP contribution in [0.1, 0.15) is 50.6 Å². The number of hydroxylamine groups is 1. The molecule has 1 aromatic rings. The summed E-state index contributed by atoms with van der Waals surface area (Å²) in [6, 6.07) is 4.70. The van der Waals surface area contributed by atoms with Crippen LogP contribution in [0.25, 0.3) is 0 Å². The van der Waals surface area contributed by atoms with Gasteiger partial charge < -0.3 is 0 Å². The number of hydrazone groups is 1. The Morgan fingerprint density at radius 3 is 2.71 bits per heavy atom. The first-order valence-electron chi connectivity index (χ1n) is 9.79. The van der Waals surface area contributed by atoms with Gasteiger partial charge in [-0.3, -0.25) is 24.6 Å². The molecule has 0 saturated heterocycles. The van der Waals surface area contributed by atoms with E-state index < -0.39 is 17.9 Å². The summed E-state index contributed by atoms with van der Waals surface area (Å²) in [6.45, 7) is 0. The van der Waals surface area contributed by atoms with E-state index >= 15 is 0 Å². The Morgan fingerprint density at radius 1 is 1.25 bits per heavy atom. The normalized spacial score (nSPS) is 20.3. The van der Waals surface area contributed by atoms with Crippen molar-refractivity contribution in [3.63, 3.8) is 0 Å². The van der Waals surface area contributed by atoms with E-state index in [1.54, 1.807) is 30.0 Å². The maximum absolute atomic E-state index is 13.1. The molecule has 2 atom stereocenters. The summed E-state index contributed by atoms with van der Waals surface area (Å²) in [4.78, 5) is 41.8. The number of hydrogen-bond donors (Lipinski definition) is 2. The van der Waals surface area contributed by atoms with E-state index in [1.807, 2.05) is 6.07 Å². The zero-order valence-electron chi connectivity index (χ0n) is 15.8. The lowest BCUT2D eigenvalue weighted by atomic mass is 9.89. The van der Waals surface area contributed by atoms with E-state index in [1.165, 1.54) is 5.01 Å². The van der Waals surface area contributed by atoms with Crippen molar-refractivity contribution in [2.45, 2.75) is 57.4 Å². The van der Waals surface area contributed by atoms with Crippen molar-refractivity contribution in [3.8, 4) is 0 Å². The third kappa shape index (κ3) is 5.01. The Balaban J connectivity index is 1.69. The van der Waals surface area contributed by atoms with Gasteiger partial charge in [-0.15, -0.1) is 0 Å². The summed E-state index contributed by atoms with van der Waals surface area (Å²) in [5, 5.41) is 14.2. The number of nitrogens with zero attached hydrogens (tertiary/aromatic N) is 3. The fourth-order valence-corrected chi connectivity index (χ4v) is 4.07. The molecule has 1 fully saturated rings. The van der Waals surface area contributed by atoms with Crippen LogP contribution in [-0.4, -0.2) is 45.1 Å². The van der Waals surface area contributed by atoms with Crippen LogP contribution in [0.15, 0.2) is 29.5 Å². The third-order valence-electron chi connectivity index (χ3n) is 5.51. The summed E-state index contributed by atoms with van der Waals surface area (Å²) in [5.74, 6) is -1.28. The van der Waals surface area contributed by atoms with Crippen molar-refractivity contribution in [2.75, 3.05) is 0 Å². The fraction of sp³-hybridized carbons (Fsp3) is 0.550. The highest BCUT2D eigenvalue weighted by atomic mass is 16.5. The number of carbonyl (C=O) groups is 3. The highest BCUT2D eigenvalue weighted by Gasteiger charge is 2.37. The second kappa shape index (κ2) is 9.54. The first-order valence-corrected chi connectivity index (χ1v) is 9.79. The fourth-order valence-electron chi connectivity index (χ4n) is 4.07. The Labute approximate surface area is 164 Å². The van der Waals surface area contributed by atoms with Gasteiger partial charge in [0.25, 0.3) is 0 Å². The molecule has 28 heavy (non-hydrogen) atoms. The first kappa shape index (κ1) is 20.1. The lowest BCUT2D eigenvalue weighted by Crippen LogP contribution is -2.43. The Hall–Kier alpha value is -2.61. The van der Waals surface area contributed by atoms with Crippen LogP contribution in [0.3, 0.4) is 0 Å². The van der Waals surface area contributed by atoms with Crippen LogP contribution >= 0.6 is 0 Å². The van der Waals surface area contributed by atoms with Crippen LogP contribution in [-0.2, 0) is 20.8 Å². The number of amides is 2. The minimum atomic E-state index is -0.669. The van der Waals surface area contributed by atoms with Crippen molar-refractivity contribution in [1.82, 2.24) is 15.5 Å². The average molecular weight is 386 g/mol. The molecule has 8 nitrogen and oxygen atoms in total. The molecule has 1 aromatic heterocycles. The summed E-state index contributed by atoms with van der Waals surface area (Å²) < 4.78 is 0. The summed E-state index contributed by atoms with van der Waals surface area (Å²) in [5.41, 5.74) is 2.26. The quantitative estimate of drug-likeness (QED) is 0.523. The second-order valence-electron chi connectivity index (χ2n) is 7.52. The topological polar surface area (TPSA) is 112 Å². The highest BCUT2D eigenvalue weighted by molar-refractivity contribution is 5.95. The number of hydrogen-bond acceptors (Lipinski definition) is 6. The number of nitrogens with one attached hydrogen (secondary N) is 1. The first-order chi connectivity index (χ1) is 13.6. The van der Waals surface area contributed by atoms with Gasteiger partial charge >= 0.3 is 0 Å². The molecule has 2 heterocycles.